The van der Waals surface area contributed by atoms with Gasteiger partial charge in [-0.05, 0) is 44.0 Å². The van der Waals surface area contributed by atoms with Crippen LogP contribution in [-0.2, 0) is 13.0 Å². The molecular formula is C14H20N2O. The first-order valence-electron chi connectivity index (χ1n) is 6.62. The van der Waals surface area contributed by atoms with Crippen molar-refractivity contribution >= 4 is 0 Å². The van der Waals surface area contributed by atoms with Gasteiger partial charge in [-0.25, -0.2) is 0 Å². The Morgan fingerprint density at radius 3 is 3.06 bits per heavy atom. The molecule has 1 aromatic rings. The van der Waals surface area contributed by atoms with Crippen LogP contribution in [0.4, 0.5) is 0 Å². The Balaban J connectivity index is 1.77. The Bertz CT molecular complexity index is 386. The third-order valence-corrected chi connectivity index (χ3v) is 3.65. The summed E-state index contributed by atoms with van der Waals surface area (Å²) in [5, 5.41) is 6.82. The largest absolute Gasteiger partial charge is 0.489 e. The molecule has 3 heteroatoms. The molecule has 1 aromatic carbocycles. The van der Waals surface area contributed by atoms with Crippen LogP contribution >= 0.6 is 0 Å². The van der Waals surface area contributed by atoms with Crippen molar-refractivity contribution in [3.63, 3.8) is 0 Å². The highest BCUT2D eigenvalue weighted by Gasteiger charge is 2.18. The predicted molar refractivity (Wildman–Crippen MR) is 68.4 cm³/mol. The highest BCUT2D eigenvalue weighted by molar-refractivity contribution is 5.41. The fourth-order valence-corrected chi connectivity index (χ4v) is 2.69. The minimum atomic E-state index is 0.345. The van der Waals surface area contributed by atoms with Crippen molar-refractivity contribution in [2.45, 2.75) is 31.9 Å². The first-order valence-corrected chi connectivity index (χ1v) is 6.62. The zero-order valence-corrected chi connectivity index (χ0v) is 10.2. The minimum Gasteiger partial charge on any atom is -0.489 e. The molecule has 2 N–H and O–H groups in total. The maximum atomic E-state index is 6.15. The molecule has 1 atom stereocenters. The monoisotopic (exact) mass is 232 g/mol. The summed E-state index contributed by atoms with van der Waals surface area (Å²) in [5.74, 6) is 1.09. The summed E-state index contributed by atoms with van der Waals surface area (Å²) in [5.41, 5.74) is 2.81. The lowest BCUT2D eigenvalue weighted by molar-refractivity contribution is 0.165. The highest BCUT2D eigenvalue weighted by atomic mass is 16.5. The van der Waals surface area contributed by atoms with E-state index < -0.39 is 0 Å². The molecular weight excluding hydrogens is 212 g/mol. The van der Waals surface area contributed by atoms with E-state index in [0.717, 1.165) is 38.3 Å². The summed E-state index contributed by atoms with van der Waals surface area (Å²) in [7, 11) is 0. The summed E-state index contributed by atoms with van der Waals surface area (Å²) >= 11 is 0. The van der Waals surface area contributed by atoms with Gasteiger partial charge in [-0.3, -0.25) is 0 Å². The van der Waals surface area contributed by atoms with Gasteiger partial charge in [0.15, 0.2) is 0 Å². The average molecular weight is 232 g/mol. The summed E-state index contributed by atoms with van der Waals surface area (Å²) in [6, 6.07) is 6.46. The summed E-state index contributed by atoms with van der Waals surface area (Å²) in [4.78, 5) is 0. The van der Waals surface area contributed by atoms with Gasteiger partial charge in [0.2, 0.25) is 0 Å². The van der Waals surface area contributed by atoms with E-state index in [2.05, 4.69) is 28.8 Å². The van der Waals surface area contributed by atoms with Crippen molar-refractivity contribution in [2.75, 3.05) is 19.6 Å². The lowest BCUT2D eigenvalue weighted by Crippen LogP contribution is -2.37. The van der Waals surface area contributed by atoms with Crippen LogP contribution in [0, 0.1) is 0 Å². The van der Waals surface area contributed by atoms with Gasteiger partial charge in [0.1, 0.15) is 11.9 Å². The molecule has 0 aromatic heterocycles. The average Bonchev–Trinajstić information content (AvgIpc) is 2.40. The SMILES string of the molecule is c1cc2c(c(OC3CCCNC3)c1)CNCC2. The number of ether oxygens (including phenoxy) is 1. The van der Waals surface area contributed by atoms with E-state index in [0.29, 0.717) is 6.10 Å². The van der Waals surface area contributed by atoms with E-state index in [4.69, 9.17) is 4.74 Å². The molecule has 92 valence electrons. The quantitative estimate of drug-likeness (QED) is 0.810. The van der Waals surface area contributed by atoms with Gasteiger partial charge in [-0.1, -0.05) is 12.1 Å². The molecule has 0 spiro atoms. The molecule has 0 aliphatic carbocycles. The molecule has 1 saturated heterocycles. The topological polar surface area (TPSA) is 33.3 Å². The smallest absolute Gasteiger partial charge is 0.124 e. The van der Waals surface area contributed by atoms with E-state index in [1.807, 2.05) is 0 Å². The Morgan fingerprint density at radius 1 is 1.18 bits per heavy atom. The van der Waals surface area contributed by atoms with E-state index in [1.54, 1.807) is 0 Å². The zero-order chi connectivity index (χ0) is 11.5. The number of rotatable bonds is 2. The Kier molecular flexibility index (Phi) is 3.29. The van der Waals surface area contributed by atoms with Crippen LogP contribution in [0.3, 0.4) is 0 Å². The number of benzene rings is 1. The third kappa shape index (κ3) is 2.45. The molecule has 1 fully saturated rings. The van der Waals surface area contributed by atoms with Gasteiger partial charge < -0.3 is 15.4 Å². The van der Waals surface area contributed by atoms with Gasteiger partial charge in [-0.15, -0.1) is 0 Å². The fourth-order valence-electron chi connectivity index (χ4n) is 2.69. The summed E-state index contributed by atoms with van der Waals surface area (Å²) in [6.45, 7) is 4.15. The van der Waals surface area contributed by atoms with Gasteiger partial charge in [-0.2, -0.15) is 0 Å². The highest BCUT2D eigenvalue weighted by Crippen LogP contribution is 2.26. The van der Waals surface area contributed by atoms with Gasteiger partial charge in [0, 0.05) is 18.7 Å². The Hall–Kier alpha value is -1.06. The minimum absolute atomic E-state index is 0.345. The molecule has 0 bridgehead atoms. The van der Waals surface area contributed by atoms with Crippen LogP contribution in [0.2, 0.25) is 0 Å². The van der Waals surface area contributed by atoms with Crippen molar-refractivity contribution in [3.8, 4) is 5.75 Å². The van der Waals surface area contributed by atoms with Crippen molar-refractivity contribution in [1.29, 1.82) is 0 Å². The molecule has 3 nitrogen and oxygen atoms in total. The summed E-state index contributed by atoms with van der Waals surface area (Å²) in [6.07, 6.45) is 3.86. The molecule has 0 radical (unpaired) electrons. The number of piperidine rings is 1. The second-order valence-corrected chi connectivity index (χ2v) is 4.91. The maximum Gasteiger partial charge on any atom is 0.124 e. The van der Waals surface area contributed by atoms with Crippen LogP contribution in [-0.4, -0.2) is 25.7 Å². The lowest BCUT2D eigenvalue weighted by Gasteiger charge is -2.27. The van der Waals surface area contributed by atoms with Crippen LogP contribution < -0.4 is 15.4 Å². The van der Waals surface area contributed by atoms with Crippen LogP contribution in [0.1, 0.15) is 24.0 Å². The molecule has 3 rings (SSSR count). The molecule has 17 heavy (non-hydrogen) atoms. The first kappa shape index (κ1) is 11.1. The molecule has 2 aliphatic heterocycles. The zero-order valence-electron chi connectivity index (χ0n) is 10.2. The molecule has 2 heterocycles. The third-order valence-electron chi connectivity index (χ3n) is 3.65. The van der Waals surface area contributed by atoms with Gasteiger partial charge in [0.25, 0.3) is 0 Å². The van der Waals surface area contributed by atoms with Crippen molar-refractivity contribution in [3.05, 3.63) is 29.3 Å². The maximum absolute atomic E-state index is 6.15. The van der Waals surface area contributed by atoms with E-state index >= 15 is 0 Å². The molecule has 0 amide bonds. The van der Waals surface area contributed by atoms with Crippen molar-refractivity contribution < 1.29 is 4.74 Å². The second kappa shape index (κ2) is 5.07. The van der Waals surface area contributed by atoms with Crippen LogP contribution in [0.5, 0.6) is 5.75 Å². The predicted octanol–water partition coefficient (Wildman–Crippen LogP) is 1.46. The number of hydrogen-bond acceptors (Lipinski definition) is 3. The number of fused-ring (bicyclic) bond motifs is 1. The standard InChI is InChI=1S/C14H20N2O/c1-3-11-6-8-16-10-13(11)14(5-1)17-12-4-2-7-15-9-12/h1,3,5,12,15-16H,2,4,6-10H2. The first-order chi connectivity index (χ1) is 8.43. The lowest BCUT2D eigenvalue weighted by atomic mass is 10.00. The van der Waals surface area contributed by atoms with E-state index in [-0.39, 0.29) is 0 Å². The normalized spacial score (nSPS) is 24.1. The van der Waals surface area contributed by atoms with E-state index in [1.165, 1.54) is 24.0 Å². The number of nitrogens with one attached hydrogen (secondary N) is 2. The fraction of sp³-hybridized carbons (Fsp3) is 0.571. The van der Waals surface area contributed by atoms with Crippen molar-refractivity contribution in [2.24, 2.45) is 0 Å². The van der Waals surface area contributed by atoms with Gasteiger partial charge in [0.05, 0.1) is 0 Å². The molecule has 2 aliphatic rings. The van der Waals surface area contributed by atoms with Crippen molar-refractivity contribution in [1.82, 2.24) is 10.6 Å². The number of hydrogen-bond donors (Lipinski definition) is 2. The van der Waals surface area contributed by atoms with Crippen LogP contribution in [0.25, 0.3) is 0 Å². The Labute approximate surface area is 103 Å². The molecule has 1 unspecified atom stereocenters. The van der Waals surface area contributed by atoms with Gasteiger partial charge >= 0.3 is 0 Å². The molecule has 0 saturated carbocycles. The van der Waals surface area contributed by atoms with E-state index in [9.17, 15) is 0 Å². The van der Waals surface area contributed by atoms with Crippen LogP contribution in [0.15, 0.2) is 18.2 Å². The summed E-state index contributed by atoms with van der Waals surface area (Å²) < 4.78 is 6.15. The Morgan fingerprint density at radius 2 is 2.18 bits per heavy atom. The second-order valence-electron chi connectivity index (χ2n) is 4.91.